The van der Waals surface area contributed by atoms with E-state index >= 15 is 0 Å². The Morgan fingerprint density at radius 1 is 1.35 bits per heavy atom. The van der Waals surface area contributed by atoms with E-state index < -0.39 is 0 Å². The van der Waals surface area contributed by atoms with Crippen molar-refractivity contribution in [2.45, 2.75) is 13.5 Å². The Morgan fingerprint density at radius 3 is 2.65 bits per heavy atom. The van der Waals surface area contributed by atoms with Gasteiger partial charge in [0.2, 0.25) is 0 Å². The number of thiazole rings is 1. The molecule has 0 aliphatic carbocycles. The molecular formula is C13H15N3S. The van der Waals surface area contributed by atoms with E-state index in [0.29, 0.717) is 5.84 Å². The van der Waals surface area contributed by atoms with Crippen LogP contribution in [0.15, 0.2) is 35.8 Å². The fourth-order valence-corrected chi connectivity index (χ4v) is 2.42. The Kier molecular flexibility index (Phi) is 3.54. The summed E-state index contributed by atoms with van der Waals surface area (Å²) < 4.78 is 0. The molecule has 0 aliphatic rings. The fraction of sp³-hybridized carbons (Fsp3) is 0.231. The van der Waals surface area contributed by atoms with Crippen molar-refractivity contribution < 1.29 is 0 Å². The standard InChI is InChI=1S/C13H15N3S/c1-10-12(17-9-15-10)8-16(2)13(14)11-6-4-3-5-7-11/h3-7,9,14H,8H2,1-2H3. The van der Waals surface area contributed by atoms with E-state index in [2.05, 4.69) is 4.98 Å². The van der Waals surface area contributed by atoms with Gasteiger partial charge in [-0.15, -0.1) is 11.3 Å². The predicted octanol–water partition coefficient (Wildman–Crippen LogP) is 2.91. The molecule has 0 radical (unpaired) electrons. The third kappa shape index (κ3) is 2.71. The van der Waals surface area contributed by atoms with Gasteiger partial charge >= 0.3 is 0 Å². The largest absolute Gasteiger partial charge is 0.354 e. The van der Waals surface area contributed by atoms with E-state index in [9.17, 15) is 0 Å². The number of benzene rings is 1. The topological polar surface area (TPSA) is 40.0 Å². The quantitative estimate of drug-likeness (QED) is 0.667. The van der Waals surface area contributed by atoms with Gasteiger partial charge < -0.3 is 4.90 Å². The Morgan fingerprint density at radius 2 is 2.06 bits per heavy atom. The maximum atomic E-state index is 8.12. The third-order valence-corrected chi connectivity index (χ3v) is 3.57. The van der Waals surface area contributed by atoms with E-state index in [0.717, 1.165) is 17.8 Å². The minimum atomic E-state index is 0.540. The molecule has 1 aromatic carbocycles. The number of aryl methyl sites for hydroxylation is 1. The molecule has 0 unspecified atom stereocenters. The zero-order valence-corrected chi connectivity index (χ0v) is 10.8. The molecule has 3 nitrogen and oxygen atoms in total. The summed E-state index contributed by atoms with van der Waals surface area (Å²) in [6.07, 6.45) is 0. The highest BCUT2D eigenvalue weighted by Gasteiger charge is 2.10. The zero-order chi connectivity index (χ0) is 12.3. The van der Waals surface area contributed by atoms with Crippen molar-refractivity contribution in [2.24, 2.45) is 0 Å². The monoisotopic (exact) mass is 245 g/mol. The summed E-state index contributed by atoms with van der Waals surface area (Å²) in [5.74, 6) is 0.540. The van der Waals surface area contributed by atoms with E-state index in [4.69, 9.17) is 5.41 Å². The lowest BCUT2D eigenvalue weighted by Gasteiger charge is -2.19. The van der Waals surface area contributed by atoms with Gasteiger partial charge in [-0.2, -0.15) is 0 Å². The zero-order valence-electron chi connectivity index (χ0n) is 9.97. The second-order valence-corrected chi connectivity index (χ2v) is 4.87. The predicted molar refractivity (Wildman–Crippen MR) is 71.6 cm³/mol. The number of aromatic nitrogens is 1. The number of nitrogens with one attached hydrogen (secondary N) is 1. The Labute approximate surface area is 105 Å². The molecule has 0 spiro atoms. The molecule has 2 rings (SSSR count). The smallest absolute Gasteiger partial charge is 0.128 e. The Hall–Kier alpha value is -1.68. The van der Waals surface area contributed by atoms with Crippen molar-refractivity contribution in [1.82, 2.24) is 9.88 Å². The van der Waals surface area contributed by atoms with E-state index in [1.807, 2.05) is 54.7 Å². The van der Waals surface area contributed by atoms with Crippen molar-refractivity contribution in [2.75, 3.05) is 7.05 Å². The van der Waals surface area contributed by atoms with Crippen LogP contribution < -0.4 is 0 Å². The summed E-state index contributed by atoms with van der Waals surface area (Å²) in [6, 6.07) is 9.78. The second kappa shape index (κ2) is 5.10. The number of rotatable bonds is 3. The number of nitrogens with zero attached hydrogens (tertiary/aromatic N) is 2. The van der Waals surface area contributed by atoms with Gasteiger partial charge in [0.05, 0.1) is 17.7 Å². The molecule has 0 saturated carbocycles. The molecule has 0 bridgehead atoms. The number of amidine groups is 1. The molecular weight excluding hydrogens is 230 g/mol. The lowest BCUT2D eigenvalue weighted by Crippen LogP contribution is -2.26. The summed E-state index contributed by atoms with van der Waals surface area (Å²) in [4.78, 5) is 7.38. The molecule has 17 heavy (non-hydrogen) atoms. The first-order chi connectivity index (χ1) is 8.18. The van der Waals surface area contributed by atoms with Gasteiger partial charge in [0, 0.05) is 17.5 Å². The maximum Gasteiger partial charge on any atom is 0.128 e. The van der Waals surface area contributed by atoms with Crippen LogP contribution in [0.5, 0.6) is 0 Å². The molecule has 0 atom stereocenters. The molecule has 0 amide bonds. The second-order valence-electron chi connectivity index (χ2n) is 3.93. The summed E-state index contributed by atoms with van der Waals surface area (Å²) >= 11 is 1.64. The van der Waals surface area contributed by atoms with Gasteiger partial charge in [0.25, 0.3) is 0 Å². The lowest BCUT2D eigenvalue weighted by atomic mass is 10.2. The van der Waals surface area contributed by atoms with Crippen LogP contribution in [0.2, 0.25) is 0 Å². The van der Waals surface area contributed by atoms with Crippen LogP contribution in [0.3, 0.4) is 0 Å². The highest BCUT2D eigenvalue weighted by atomic mass is 32.1. The Balaban J connectivity index is 2.09. The van der Waals surface area contributed by atoms with Crippen molar-refractivity contribution >= 4 is 17.2 Å². The molecule has 1 aromatic heterocycles. The van der Waals surface area contributed by atoms with Crippen LogP contribution in [0, 0.1) is 12.3 Å². The first kappa shape index (κ1) is 11.8. The summed E-state index contributed by atoms with van der Waals surface area (Å²) in [5.41, 5.74) is 3.85. The highest BCUT2D eigenvalue weighted by Crippen LogP contribution is 2.15. The first-order valence-corrected chi connectivity index (χ1v) is 6.30. The average Bonchev–Trinajstić information content (AvgIpc) is 2.75. The van der Waals surface area contributed by atoms with Gasteiger partial charge in [-0.25, -0.2) is 4.98 Å². The van der Waals surface area contributed by atoms with Gasteiger partial charge in [-0.1, -0.05) is 30.3 Å². The van der Waals surface area contributed by atoms with Crippen LogP contribution in [-0.4, -0.2) is 22.8 Å². The van der Waals surface area contributed by atoms with Gasteiger partial charge in [-0.3, -0.25) is 5.41 Å². The highest BCUT2D eigenvalue weighted by molar-refractivity contribution is 7.09. The van der Waals surface area contributed by atoms with Crippen molar-refractivity contribution in [3.8, 4) is 0 Å². The van der Waals surface area contributed by atoms with Crippen molar-refractivity contribution in [3.05, 3.63) is 52.0 Å². The lowest BCUT2D eigenvalue weighted by molar-refractivity contribution is 0.501. The summed E-state index contributed by atoms with van der Waals surface area (Å²) in [5, 5.41) is 8.12. The van der Waals surface area contributed by atoms with Crippen LogP contribution in [0.1, 0.15) is 16.1 Å². The third-order valence-electron chi connectivity index (χ3n) is 2.65. The van der Waals surface area contributed by atoms with Crippen molar-refractivity contribution in [1.29, 1.82) is 5.41 Å². The Bertz CT molecular complexity index is 504. The molecule has 2 aromatic rings. The summed E-state index contributed by atoms with van der Waals surface area (Å²) in [6.45, 7) is 2.75. The van der Waals surface area contributed by atoms with Gasteiger partial charge in [0.1, 0.15) is 5.84 Å². The molecule has 4 heteroatoms. The fourth-order valence-electron chi connectivity index (χ4n) is 1.59. The maximum absolute atomic E-state index is 8.12. The number of hydrogen-bond donors (Lipinski definition) is 1. The van der Waals surface area contributed by atoms with Gasteiger partial charge in [0.15, 0.2) is 0 Å². The van der Waals surface area contributed by atoms with Crippen molar-refractivity contribution in [3.63, 3.8) is 0 Å². The normalized spacial score (nSPS) is 10.2. The summed E-state index contributed by atoms with van der Waals surface area (Å²) in [7, 11) is 1.94. The average molecular weight is 245 g/mol. The number of hydrogen-bond acceptors (Lipinski definition) is 3. The van der Waals surface area contributed by atoms with E-state index in [1.165, 1.54) is 4.88 Å². The molecule has 1 N–H and O–H groups in total. The van der Waals surface area contributed by atoms with Crippen LogP contribution in [-0.2, 0) is 6.54 Å². The van der Waals surface area contributed by atoms with Gasteiger partial charge in [-0.05, 0) is 6.92 Å². The molecule has 0 fully saturated rings. The first-order valence-electron chi connectivity index (χ1n) is 5.42. The van der Waals surface area contributed by atoms with Crippen LogP contribution >= 0.6 is 11.3 Å². The molecule has 88 valence electrons. The van der Waals surface area contributed by atoms with Crippen LogP contribution in [0.4, 0.5) is 0 Å². The van der Waals surface area contributed by atoms with E-state index in [1.54, 1.807) is 11.3 Å². The van der Waals surface area contributed by atoms with Crippen LogP contribution in [0.25, 0.3) is 0 Å². The molecule has 0 aliphatic heterocycles. The van der Waals surface area contributed by atoms with E-state index in [-0.39, 0.29) is 0 Å². The minimum Gasteiger partial charge on any atom is -0.354 e. The minimum absolute atomic E-state index is 0.540. The molecule has 0 saturated heterocycles. The SMILES string of the molecule is Cc1ncsc1CN(C)C(=N)c1ccccc1. The molecule has 1 heterocycles.